The van der Waals surface area contributed by atoms with Crippen LogP contribution in [-0.2, 0) is 9.63 Å². The van der Waals surface area contributed by atoms with E-state index in [4.69, 9.17) is 4.84 Å². The van der Waals surface area contributed by atoms with Gasteiger partial charge in [0.15, 0.2) is 0 Å². The summed E-state index contributed by atoms with van der Waals surface area (Å²) in [5.41, 5.74) is 1.83. The Morgan fingerprint density at radius 2 is 1.67 bits per heavy atom. The van der Waals surface area contributed by atoms with Crippen LogP contribution in [0.4, 0.5) is 0 Å². The first kappa shape index (κ1) is 18.7. The molecule has 1 rings (SSSR count). The highest BCUT2D eigenvalue weighted by Crippen LogP contribution is 2.46. The molecule has 0 radical (unpaired) electrons. The van der Waals surface area contributed by atoms with Crippen molar-refractivity contribution in [1.82, 2.24) is 5.06 Å². The summed E-state index contributed by atoms with van der Waals surface area (Å²) in [6.45, 7) is 13.8. The van der Waals surface area contributed by atoms with Crippen LogP contribution in [0.3, 0.4) is 0 Å². The van der Waals surface area contributed by atoms with E-state index >= 15 is 0 Å². The summed E-state index contributed by atoms with van der Waals surface area (Å²) in [7, 11) is -0.151. The summed E-state index contributed by atoms with van der Waals surface area (Å²) in [5, 5.41) is 12.2. The van der Waals surface area contributed by atoms with E-state index in [-0.39, 0.29) is 11.9 Å². The van der Waals surface area contributed by atoms with Crippen LogP contribution in [0.5, 0.6) is 0 Å². The Kier molecular flexibility index (Phi) is 6.44. The van der Waals surface area contributed by atoms with Crippen LogP contribution in [0.15, 0.2) is 0 Å². The van der Waals surface area contributed by atoms with Gasteiger partial charge in [-0.1, -0.05) is 58.2 Å². The Hall–Kier alpha value is -0.393. The van der Waals surface area contributed by atoms with Crippen LogP contribution in [0.25, 0.3) is 0 Å². The largest absolute Gasteiger partial charge is 0.391 e. The molecule has 5 heteroatoms. The molecule has 0 aromatic rings. The third-order valence-electron chi connectivity index (χ3n) is 5.63. The third-order valence-corrected chi connectivity index (χ3v) is 13.2. The van der Waals surface area contributed by atoms with Crippen LogP contribution in [0.1, 0.15) is 54.4 Å². The lowest BCUT2D eigenvalue weighted by atomic mass is 10.1. The molecule has 124 valence electrons. The molecule has 2 atom stereocenters. The number of carbonyl (C=O) groups excluding carboxylic acids is 1. The second kappa shape index (κ2) is 7.25. The van der Waals surface area contributed by atoms with Crippen molar-refractivity contribution >= 4 is 14.0 Å². The molecule has 1 saturated heterocycles. The molecule has 0 unspecified atom stereocenters. The van der Waals surface area contributed by atoms with Gasteiger partial charge >= 0.3 is 0 Å². The highest BCUT2D eigenvalue weighted by atomic mass is 28.3. The number of amides is 1. The summed E-state index contributed by atoms with van der Waals surface area (Å²) in [5.74, 6) is -0.00698. The Bertz CT molecular complexity index is 336. The molecular weight excluding hydrogens is 282 g/mol. The molecule has 0 saturated carbocycles. The van der Waals surface area contributed by atoms with Gasteiger partial charge in [0.2, 0.25) is 5.91 Å². The molecule has 0 aliphatic carbocycles. The minimum absolute atomic E-state index is 0.00698. The van der Waals surface area contributed by atoms with Gasteiger partial charge in [0, 0.05) is 6.42 Å². The minimum atomic E-state index is -1.67. The van der Waals surface area contributed by atoms with Gasteiger partial charge < -0.3 is 5.11 Å². The van der Waals surface area contributed by atoms with Gasteiger partial charge in [-0.25, -0.2) is 5.06 Å². The number of hydroxylamine groups is 2. The zero-order valence-electron chi connectivity index (χ0n) is 14.7. The summed E-state index contributed by atoms with van der Waals surface area (Å²) in [6.07, 6.45) is 0.706. The molecule has 1 fully saturated rings. The molecule has 1 heterocycles. The second-order valence-corrected chi connectivity index (χ2v) is 13.5. The second-order valence-electron chi connectivity index (χ2n) is 7.36. The van der Waals surface area contributed by atoms with Crippen molar-refractivity contribution in [3.63, 3.8) is 0 Å². The maximum absolute atomic E-state index is 11.8. The maximum atomic E-state index is 11.8. The zero-order valence-corrected chi connectivity index (χ0v) is 15.7. The van der Waals surface area contributed by atoms with Gasteiger partial charge in [-0.3, -0.25) is 9.63 Å². The van der Waals surface area contributed by atoms with Gasteiger partial charge in [0.05, 0.1) is 27.3 Å². The van der Waals surface area contributed by atoms with Crippen molar-refractivity contribution < 1.29 is 14.7 Å². The fourth-order valence-electron chi connectivity index (χ4n) is 4.48. The lowest BCUT2D eigenvalue weighted by molar-refractivity contribution is -0.185. The predicted molar refractivity (Wildman–Crippen MR) is 88.7 cm³/mol. The van der Waals surface area contributed by atoms with Crippen molar-refractivity contribution in [1.29, 1.82) is 0 Å². The summed E-state index contributed by atoms with van der Waals surface area (Å²) < 4.78 is 0. The van der Waals surface area contributed by atoms with E-state index in [1.54, 1.807) is 0 Å². The smallest absolute Gasteiger partial charge is 0.246 e. The Morgan fingerprint density at radius 3 is 2.05 bits per heavy atom. The first-order chi connectivity index (χ1) is 9.68. The number of aliphatic hydroxyl groups excluding tert-OH is 1. The van der Waals surface area contributed by atoms with Gasteiger partial charge in [-0.2, -0.15) is 0 Å². The fraction of sp³-hybridized carbons (Fsp3) is 0.938. The molecule has 4 nitrogen and oxygen atoms in total. The van der Waals surface area contributed by atoms with E-state index in [9.17, 15) is 9.90 Å². The summed E-state index contributed by atoms with van der Waals surface area (Å²) >= 11 is 0. The van der Waals surface area contributed by atoms with Crippen molar-refractivity contribution in [3.8, 4) is 0 Å². The number of carbonyl (C=O) groups is 1. The van der Waals surface area contributed by atoms with Crippen molar-refractivity contribution in [2.45, 2.75) is 89.2 Å². The quantitative estimate of drug-likeness (QED) is 0.731. The van der Waals surface area contributed by atoms with Crippen LogP contribution < -0.4 is 0 Å². The molecule has 1 amide bonds. The van der Waals surface area contributed by atoms with E-state index in [0.29, 0.717) is 29.5 Å². The van der Waals surface area contributed by atoms with Crippen LogP contribution in [-0.4, -0.2) is 43.4 Å². The number of nitrogens with zero attached hydrogens (tertiary/aromatic N) is 1. The average Bonchev–Trinajstić information content (AvgIpc) is 2.75. The third kappa shape index (κ3) is 3.51. The highest BCUT2D eigenvalue weighted by molar-refractivity contribution is 6.83. The van der Waals surface area contributed by atoms with Gasteiger partial charge in [-0.05, 0) is 12.5 Å². The van der Waals surface area contributed by atoms with E-state index < -0.39 is 14.2 Å². The van der Waals surface area contributed by atoms with Gasteiger partial charge in [0.1, 0.15) is 0 Å². The lowest BCUT2D eigenvalue weighted by Crippen LogP contribution is -2.51. The number of rotatable bonds is 7. The zero-order chi connectivity index (χ0) is 16.4. The molecular formula is C16H33NO3Si. The van der Waals surface area contributed by atoms with Crippen molar-refractivity contribution in [2.24, 2.45) is 0 Å². The van der Waals surface area contributed by atoms with E-state index in [1.807, 2.05) is 0 Å². The van der Waals surface area contributed by atoms with Crippen LogP contribution >= 0.6 is 0 Å². The normalized spacial score (nSPS) is 22.0. The molecule has 0 spiro atoms. The Balaban J connectivity index is 2.96. The fourth-order valence-corrected chi connectivity index (χ4v) is 10.9. The number of hydrogen-bond donors (Lipinski definition) is 1. The molecule has 0 aromatic heterocycles. The SMILES string of the molecule is CON1C(=O)CC[C@H]1[C@H](O)C[Si](C(C)C)(C(C)C)C(C)C. The monoisotopic (exact) mass is 315 g/mol. The Morgan fingerprint density at radius 1 is 1.19 bits per heavy atom. The molecule has 1 aliphatic heterocycles. The van der Waals surface area contributed by atoms with E-state index in [0.717, 1.165) is 6.04 Å². The minimum Gasteiger partial charge on any atom is -0.391 e. The van der Waals surface area contributed by atoms with E-state index in [2.05, 4.69) is 41.5 Å². The predicted octanol–water partition coefficient (Wildman–Crippen LogP) is 3.58. The summed E-state index contributed by atoms with van der Waals surface area (Å²) in [4.78, 5) is 17.0. The first-order valence-corrected chi connectivity index (χ1v) is 10.7. The van der Waals surface area contributed by atoms with E-state index in [1.165, 1.54) is 12.2 Å². The highest BCUT2D eigenvalue weighted by Gasteiger charge is 2.47. The topological polar surface area (TPSA) is 49.8 Å². The number of hydrogen-bond acceptors (Lipinski definition) is 3. The van der Waals surface area contributed by atoms with Crippen LogP contribution in [0.2, 0.25) is 22.7 Å². The standard InChI is InChI=1S/C16H33NO3Si/c1-11(2)21(12(3)4,13(5)6)10-15(18)14-8-9-16(19)17(14)20-7/h11-15,18H,8-10H2,1-7H3/t14-,15+/m0/s1. The van der Waals surface area contributed by atoms with Crippen molar-refractivity contribution in [3.05, 3.63) is 0 Å². The van der Waals surface area contributed by atoms with Gasteiger partial charge in [-0.15, -0.1) is 0 Å². The molecule has 0 aromatic carbocycles. The first-order valence-electron chi connectivity index (χ1n) is 8.22. The van der Waals surface area contributed by atoms with Crippen LogP contribution in [0, 0.1) is 0 Å². The van der Waals surface area contributed by atoms with Gasteiger partial charge in [0.25, 0.3) is 0 Å². The molecule has 1 N–H and O–H groups in total. The lowest BCUT2D eigenvalue weighted by Gasteiger charge is -2.45. The molecule has 0 bridgehead atoms. The Labute approximate surface area is 130 Å². The molecule has 1 aliphatic rings. The summed E-state index contributed by atoms with van der Waals surface area (Å²) in [6, 6.07) is 0.670. The average molecular weight is 316 g/mol. The maximum Gasteiger partial charge on any atom is 0.246 e. The van der Waals surface area contributed by atoms with Crippen molar-refractivity contribution in [2.75, 3.05) is 7.11 Å². The molecule has 21 heavy (non-hydrogen) atoms. The number of aliphatic hydroxyl groups is 1.